The molecule has 0 radical (unpaired) electrons. The van der Waals surface area contributed by atoms with Crippen LogP contribution in [0.1, 0.15) is 31.7 Å². The molecule has 0 atom stereocenters. The minimum Gasteiger partial charge on any atom is -0.274 e. The van der Waals surface area contributed by atoms with Crippen molar-refractivity contribution in [3.63, 3.8) is 0 Å². The van der Waals surface area contributed by atoms with E-state index in [-0.39, 0.29) is 5.56 Å². The molecular weight excluding hydrogens is 332 g/mol. The van der Waals surface area contributed by atoms with Gasteiger partial charge in [0.05, 0.1) is 0 Å². The van der Waals surface area contributed by atoms with Gasteiger partial charge in [0, 0.05) is 27.9 Å². The lowest BCUT2D eigenvalue weighted by Crippen LogP contribution is -2.37. The standard InChI is InChI=1S/C14H20BrF2NS/c1-14(16,17)12-8-7-10(15)9-13(12)19(2,3)18-11-5-4-6-11/h7-9,11,18H,4-6H2,1-3H3. The highest BCUT2D eigenvalue weighted by atomic mass is 79.9. The molecule has 0 heterocycles. The molecule has 2 rings (SSSR count). The normalized spacial score (nSPS) is 18.2. The van der Waals surface area contributed by atoms with Gasteiger partial charge in [0.15, 0.2) is 0 Å². The van der Waals surface area contributed by atoms with Gasteiger partial charge in [0.2, 0.25) is 0 Å². The molecule has 1 fully saturated rings. The molecule has 1 aromatic carbocycles. The lowest BCUT2D eigenvalue weighted by molar-refractivity contribution is 0.0145. The summed E-state index contributed by atoms with van der Waals surface area (Å²) in [6, 6.07) is 5.56. The Morgan fingerprint density at radius 2 is 1.95 bits per heavy atom. The van der Waals surface area contributed by atoms with Crippen molar-refractivity contribution in [3.05, 3.63) is 28.2 Å². The Morgan fingerprint density at radius 3 is 2.42 bits per heavy atom. The van der Waals surface area contributed by atoms with E-state index in [9.17, 15) is 8.78 Å². The Labute approximate surface area is 123 Å². The minimum atomic E-state index is -2.80. The predicted molar refractivity (Wildman–Crippen MR) is 82.2 cm³/mol. The molecule has 1 nitrogen and oxygen atoms in total. The van der Waals surface area contributed by atoms with Gasteiger partial charge in [-0.25, -0.2) is 8.78 Å². The van der Waals surface area contributed by atoms with E-state index in [0.29, 0.717) is 6.04 Å². The summed E-state index contributed by atoms with van der Waals surface area (Å²) in [6.45, 7) is 0.971. The summed E-state index contributed by atoms with van der Waals surface area (Å²) < 4.78 is 32.0. The number of hydrogen-bond donors (Lipinski definition) is 1. The van der Waals surface area contributed by atoms with Crippen LogP contribution in [0, 0.1) is 0 Å². The van der Waals surface area contributed by atoms with Gasteiger partial charge in [0.1, 0.15) is 0 Å². The van der Waals surface area contributed by atoms with Gasteiger partial charge in [-0.1, -0.05) is 28.4 Å². The Kier molecular flexibility index (Phi) is 4.29. The fourth-order valence-corrected chi connectivity index (χ4v) is 5.21. The first-order chi connectivity index (χ1) is 8.70. The molecule has 0 saturated heterocycles. The molecule has 0 aliphatic heterocycles. The van der Waals surface area contributed by atoms with Gasteiger partial charge < -0.3 is 0 Å². The van der Waals surface area contributed by atoms with Crippen LogP contribution in [0.2, 0.25) is 0 Å². The molecule has 1 N–H and O–H groups in total. The van der Waals surface area contributed by atoms with Gasteiger partial charge in [0.25, 0.3) is 5.92 Å². The van der Waals surface area contributed by atoms with Crippen LogP contribution < -0.4 is 4.72 Å². The van der Waals surface area contributed by atoms with Gasteiger partial charge in [-0.2, -0.15) is 10.2 Å². The number of alkyl halides is 2. The lowest BCUT2D eigenvalue weighted by atomic mass is 9.94. The average molecular weight is 352 g/mol. The monoisotopic (exact) mass is 351 g/mol. The molecule has 19 heavy (non-hydrogen) atoms. The zero-order valence-corrected chi connectivity index (χ0v) is 13.9. The summed E-state index contributed by atoms with van der Waals surface area (Å²) in [7, 11) is -1.42. The van der Waals surface area contributed by atoms with E-state index in [4.69, 9.17) is 0 Å². The van der Waals surface area contributed by atoms with Crippen LogP contribution in [0.25, 0.3) is 0 Å². The number of benzene rings is 1. The molecule has 1 aliphatic carbocycles. The molecule has 0 unspecified atom stereocenters. The van der Waals surface area contributed by atoms with Crippen molar-refractivity contribution in [2.75, 3.05) is 12.5 Å². The van der Waals surface area contributed by atoms with Crippen molar-refractivity contribution in [2.24, 2.45) is 0 Å². The van der Waals surface area contributed by atoms with Crippen molar-refractivity contribution in [2.45, 2.75) is 43.0 Å². The Morgan fingerprint density at radius 1 is 1.32 bits per heavy atom. The summed E-state index contributed by atoms with van der Waals surface area (Å²) in [4.78, 5) is 0.751. The lowest BCUT2D eigenvalue weighted by Gasteiger charge is -2.42. The molecule has 5 heteroatoms. The summed E-state index contributed by atoms with van der Waals surface area (Å²) in [5, 5.41) is 0. The largest absolute Gasteiger partial charge is 0.274 e. The molecule has 0 bridgehead atoms. The zero-order chi connectivity index (χ0) is 14.3. The van der Waals surface area contributed by atoms with Crippen LogP contribution in [0.3, 0.4) is 0 Å². The molecule has 1 aromatic rings. The predicted octanol–water partition coefficient (Wildman–Crippen LogP) is 5.04. The smallest absolute Gasteiger partial charge is 0.271 e. The van der Waals surface area contributed by atoms with Gasteiger partial charge in [-0.3, -0.25) is 4.72 Å². The van der Waals surface area contributed by atoms with E-state index >= 15 is 0 Å². The highest BCUT2D eigenvalue weighted by Crippen LogP contribution is 2.52. The maximum atomic E-state index is 13.8. The van der Waals surface area contributed by atoms with E-state index in [1.165, 1.54) is 12.5 Å². The van der Waals surface area contributed by atoms with Gasteiger partial charge >= 0.3 is 0 Å². The van der Waals surface area contributed by atoms with E-state index in [2.05, 4.69) is 33.2 Å². The van der Waals surface area contributed by atoms with Gasteiger partial charge in [-0.15, -0.1) is 0 Å². The first kappa shape index (κ1) is 15.3. The van der Waals surface area contributed by atoms with Crippen LogP contribution in [-0.2, 0) is 5.92 Å². The Bertz CT molecular complexity index is 467. The second-order valence-corrected chi connectivity index (χ2v) is 9.85. The second-order valence-electron chi connectivity index (χ2n) is 5.60. The molecule has 0 amide bonds. The van der Waals surface area contributed by atoms with Crippen molar-refractivity contribution in [1.82, 2.24) is 4.72 Å². The maximum Gasteiger partial charge on any atom is 0.271 e. The van der Waals surface area contributed by atoms with E-state index in [1.54, 1.807) is 6.07 Å². The number of halogens is 3. The molecular formula is C14H20BrF2NS. The molecule has 0 spiro atoms. The quantitative estimate of drug-likeness (QED) is 0.800. The van der Waals surface area contributed by atoms with Crippen LogP contribution in [0.4, 0.5) is 8.78 Å². The molecule has 108 valence electrons. The van der Waals surface area contributed by atoms with Crippen LogP contribution in [-0.4, -0.2) is 18.6 Å². The van der Waals surface area contributed by atoms with Crippen molar-refractivity contribution in [3.8, 4) is 0 Å². The fraction of sp³-hybridized carbons (Fsp3) is 0.571. The van der Waals surface area contributed by atoms with Crippen molar-refractivity contribution in [1.29, 1.82) is 0 Å². The SMILES string of the molecule is CC(F)(F)c1ccc(Br)cc1S(C)(C)NC1CCC1. The van der Waals surface area contributed by atoms with E-state index in [0.717, 1.165) is 29.1 Å². The Hall–Kier alpha value is -0.130. The summed E-state index contributed by atoms with van der Waals surface area (Å²) >= 11 is 3.39. The highest BCUT2D eigenvalue weighted by Gasteiger charge is 2.33. The van der Waals surface area contributed by atoms with Gasteiger partial charge in [-0.05, 0) is 37.5 Å². The van der Waals surface area contributed by atoms with Crippen LogP contribution >= 0.6 is 26.1 Å². The maximum absolute atomic E-state index is 13.8. The number of nitrogens with one attached hydrogen (secondary N) is 1. The van der Waals surface area contributed by atoms with Crippen molar-refractivity contribution < 1.29 is 8.78 Å². The highest BCUT2D eigenvalue weighted by molar-refractivity contribution is 9.10. The topological polar surface area (TPSA) is 12.0 Å². The van der Waals surface area contributed by atoms with Crippen LogP contribution in [0.5, 0.6) is 0 Å². The fourth-order valence-electron chi connectivity index (χ4n) is 2.29. The Balaban J connectivity index is 2.38. The molecule has 1 aliphatic rings. The van der Waals surface area contributed by atoms with Crippen molar-refractivity contribution >= 4 is 26.1 Å². The summed E-state index contributed by atoms with van der Waals surface area (Å²) in [5.74, 6) is -2.80. The number of rotatable bonds is 4. The van der Waals surface area contributed by atoms with E-state index in [1.807, 2.05) is 6.07 Å². The minimum absolute atomic E-state index is 0.141. The third kappa shape index (κ3) is 3.50. The average Bonchev–Trinajstić information content (AvgIpc) is 2.22. The third-order valence-corrected chi connectivity index (χ3v) is 6.39. The van der Waals surface area contributed by atoms with Crippen LogP contribution in [0.15, 0.2) is 27.6 Å². The molecule has 0 aromatic heterocycles. The summed E-state index contributed by atoms with van der Waals surface area (Å²) in [6.07, 6.45) is 7.66. The first-order valence-corrected chi connectivity index (χ1v) is 9.63. The zero-order valence-electron chi connectivity index (χ0n) is 11.5. The number of hydrogen-bond acceptors (Lipinski definition) is 1. The second kappa shape index (κ2) is 5.34. The third-order valence-electron chi connectivity index (χ3n) is 3.53. The first-order valence-electron chi connectivity index (χ1n) is 6.38. The van der Waals surface area contributed by atoms with E-state index < -0.39 is 16.1 Å². The summed E-state index contributed by atoms with van der Waals surface area (Å²) in [5.41, 5.74) is 0.141. The molecule has 1 saturated carbocycles.